The number of hydrogen-bond acceptors (Lipinski definition) is 4. The van der Waals surface area contributed by atoms with Crippen molar-refractivity contribution in [2.75, 3.05) is 26.2 Å². The molecule has 1 aliphatic rings. The molecular formula is C17H22N4OS. The number of hydrogen-bond donors (Lipinski definition) is 1. The number of pyridine rings is 1. The van der Waals surface area contributed by atoms with Crippen LogP contribution in [0.25, 0.3) is 0 Å². The normalized spacial score (nSPS) is 17.0. The van der Waals surface area contributed by atoms with Gasteiger partial charge < -0.3 is 10.2 Å². The van der Waals surface area contributed by atoms with E-state index in [1.54, 1.807) is 11.3 Å². The van der Waals surface area contributed by atoms with Crippen molar-refractivity contribution in [1.29, 1.82) is 0 Å². The highest BCUT2D eigenvalue weighted by atomic mass is 32.1. The molecule has 0 saturated carbocycles. The molecule has 23 heavy (non-hydrogen) atoms. The smallest absolute Gasteiger partial charge is 0.317 e. The first-order valence-electron chi connectivity index (χ1n) is 7.93. The number of thiophene rings is 1. The number of carbonyl (C=O) groups excluding carboxylic acids is 1. The summed E-state index contributed by atoms with van der Waals surface area (Å²) in [6, 6.07) is 8.37. The van der Waals surface area contributed by atoms with E-state index >= 15 is 0 Å². The fourth-order valence-electron chi connectivity index (χ4n) is 2.81. The lowest BCUT2D eigenvalue weighted by Crippen LogP contribution is -2.52. The topological polar surface area (TPSA) is 48.5 Å². The lowest BCUT2D eigenvalue weighted by Gasteiger charge is -2.37. The minimum Gasteiger partial charge on any atom is -0.334 e. The largest absolute Gasteiger partial charge is 0.334 e. The number of carbonyl (C=O) groups is 1. The lowest BCUT2D eigenvalue weighted by molar-refractivity contribution is 0.112. The van der Waals surface area contributed by atoms with Crippen LogP contribution in [0, 0.1) is 0 Å². The summed E-state index contributed by atoms with van der Waals surface area (Å²) in [4.78, 5) is 20.9. The van der Waals surface area contributed by atoms with Gasteiger partial charge >= 0.3 is 6.03 Å². The maximum absolute atomic E-state index is 12.2. The van der Waals surface area contributed by atoms with Crippen LogP contribution in [0.4, 0.5) is 4.79 Å². The Hall–Kier alpha value is -1.92. The number of piperazine rings is 1. The first kappa shape index (κ1) is 16.0. The van der Waals surface area contributed by atoms with E-state index in [4.69, 9.17) is 0 Å². The number of amides is 2. The number of nitrogens with one attached hydrogen (secondary N) is 1. The highest BCUT2D eigenvalue weighted by molar-refractivity contribution is 7.07. The molecule has 0 bridgehead atoms. The van der Waals surface area contributed by atoms with Crippen LogP contribution in [0.1, 0.15) is 24.2 Å². The van der Waals surface area contributed by atoms with Crippen molar-refractivity contribution >= 4 is 17.4 Å². The third-order valence-electron chi connectivity index (χ3n) is 4.29. The van der Waals surface area contributed by atoms with Crippen LogP contribution < -0.4 is 5.32 Å². The summed E-state index contributed by atoms with van der Waals surface area (Å²) in [7, 11) is 0. The fourth-order valence-corrected chi connectivity index (χ4v) is 3.47. The molecule has 1 N–H and O–H groups in total. The molecule has 1 atom stereocenters. The van der Waals surface area contributed by atoms with Crippen molar-refractivity contribution < 1.29 is 4.79 Å². The van der Waals surface area contributed by atoms with Gasteiger partial charge in [0.1, 0.15) is 0 Å². The zero-order valence-corrected chi connectivity index (χ0v) is 14.1. The molecule has 5 nitrogen and oxygen atoms in total. The van der Waals surface area contributed by atoms with Crippen LogP contribution in [0.2, 0.25) is 0 Å². The first-order chi connectivity index (χ1) is 11.2. The number of rotatable bonds is 4. The predicted molar refractivity (Wildman–Crippen MR) is 92.4 cm³/mol. The Labute approximate surface area is 140 Å². The van der Waals surface area contributed by atoms with Gasteiger partial charge in [-0.05, 0) is 41.4 Å². The Morgan fingerprint density at radius 1 is 1.30 bits per heavy atom. The summed E-state index contributed by atoms with van der Waals surface area (Å²) in [6.07, 6.45) is 1.83. The predicted octanol–water partition coefficient (Wildman–Crippen LogP) is 2.73. The molecule has 0 spiro atoms. The molecule has 1 aliphatic heterocycles. The Morgan fingerprint density at radius 3 is 2.78 bits per heavy atom. The number of aromatic nitrogens is 1. The second kappa shape index (κ2) is 7.57. The second-order valence-electron chi connectivity index (χ2n) is 5.74. The average Bonchev–Trinajstić information content (AvgIpc) is 3.13. The monoisotopic (exact) mass is 330 g/mol. The molecule has 3 heterocycles. The van der Waals surface area contributed by atoms with E-state index in [-0.39, 0.29) is 12.1 Å². The molecule has 0 radical (unpaired) electrons. The Kier molecular flexibility index (Phi) is 5.25. The minimum absolute atomic E-state index is 0.0290. The van der Waals surface area contributed by atoms with Crippen LogP contribution >= 0.6 is 11.3 Å². The first-order valence-corrected chi connectivity index (χ1v) is 8.87. The van der Waals surface area contributed by atoms with Gasteiger partial charge in [0.15, 0.2) is 0 Å². The maximum Gasteiger partial charge on any atom is 0.317 e. The molecule has 2 aromatic rings. The minimum atomic E-state index is 0.0290. The third-order valence-corrected chi connectivity index (χ3v) is 5.02. The van der Waals surface area contributed by atoms with E-state index in [0.717, 1.165) is 37.4 Å². The molecule has 2 amide bonds. The van der Waals surface area contributed by atoms with Crippen molar-refractivity contribution in [3.05, 3.63) is 52.5 Å². The van der Waals surface area contributed by atoms with Crippen molar-refractivity contribution in [3.8, 4) is 0 Å². The van der Waals surface area contributed by atoms with Gasteiger partial charge in [-0.25, -0.2) is 4.79 Å². The molecule has 1 saturated heterocycles. The number of nitrogens with zero attached hydrogens (tertiary/aromatic N) is 3. The summed E-state index contributed by atoms with van der Waals surface area (Å²) in [5.74, 6) is 0. The van der Waals surface area contributed by atoms with Crippen molar-refractivity contribution in [2.24, 2.45) is 0 Å². The maximum atomic E-state index is 12.2. The molecule has 2 aromatic heterocycles. The zero-order chi connectivity index (χ0) is 16.1. The van der Waals surface area contributed by atoms with E-state index < -0.39 is 0 Å². The SMILES string of the molecule is C[C@H](c1ccccn1)N1CCN(C(=O)NCc2ccsc2)CC1. The van der Waals surface area contributed by atoms with Crippen LogP contribution in [-0.2, 0) is 6.54 Å². The fraction of sp³-hybridized carbons (Fsp3) is 0.412. The number of urea groups is 1. The van der Waals surface area contributed by atoms with Crippen LogP contribution in [0.3, 0.4) is 0 Å². The van der Waals surface area contributed by atoms with Gasteiger partial charge in [0, 0.05) is 45.0 Å². The van der Waals surface area contributed by atoms with Crippen LogP contribution in [0.5, 0.6) is 0 Å². The average molecular weight is 330 g/mol. The van der Waals surface area contributed by atoms with Gasteiger partial charge in [0.05, 0.1) is 5.69 Å². The van der Waals surface area contributed by atoms with Gasteiger partial charge in [-0.3, -0.25) is 9.88 Å². The lowest BCUT2D eigenvalue weighted by atomic mass is 10.1. The Morgan fingerprint density at radius 2 is 2.13 bits per heavy atom. The van der Waals surface area contributed by atoms with Crippen molar-refractivity contribution in [2.45, 2.75) is 19.5 Å². The van der Waals surface area contributed by atoms with Gasteiger partial charge in [0.25, 0.3) is 0 Å². The van der Waals surface area contributed by atoms with Crippen molar-refractivity contribution in [1.82, 2.24) is 20.1 Å². The molecule has 122 valence electrons. The Balaban J connectivity index is 1.47. The molecule has 0 aromatic carbocycles. The summed E-state index contributed by atoms with van der Waals surface area (Å²) in [6.45, 7) is 6.05. The van der Waals surface area contributed by atoms with Gasteiger partial charge in [-0.1, -0.05) is 6.07 Å². The van der Waals surface area contributed by atoms with Gasteiger partial charge in [0.2, 0.25) is 0 Å². The molecule has 3 rings (SSSR count). The molecule has 6 heteroatoms. The van der Waals surface area contributed by atoms with Crippen molar-refractivity contribution in [3.63, 3.8) is 0 Å². The molecule has 1 fully saturated rings. The van der Waals surface area contributed by atoms with Crippen LogP contribution in [0.15, 0.2) is 41.2 Å². The van der Waals surface area contributed by atoms with Gasteiger partial charge in [-0.15, -0.1) is 0 Å². The summed E-state index contributed by atoms with van der Waals surface area (Å²) >= 11 is 1.65. The summed E-state index contributed by atoms with van der Waals surface area (Å²) < 4.78 is 0. The van der Waals surface area contributed by atoms with Gasteiger partial charge in [-0.2, -0.15) is 11.3 Å². The highest BCUT2D eigenvalue weighted by Crippen LogP contribution is 2.19. The Bertz CT molecular complexity index is 609. The van der Waals surface area contributed by atoms with Crippen LogP contribution in [-0.4, -0.2) is 47.0 Å². The zero-order valence-electron chi connectivity index (χ0n) is 13.3. The quantitative estimate of drug-likeness (QED) is 0.938. The molecule has 0 aliphatic carbocycles. The molecular weight excluding hydrogens is 308 g/mol. The molecule has 0 unspecified atom stereocenters. The third kappa shape index (κ3) is 4.09. The second-order valence-corrected chi connectivity index (χ2v) is 6.52. The standard InChI is InChI=1S/C17H22N4OS/c1-14(16-4-2-3-6-18-16)20-7-9-21(10-8-20)17(22)19-12-15-5-11-23-13-15/h2-6,11,13-14H,7-10,12H2,1H3,(H,19,22)/t14-/m1/s1. The van der Waals surface area contributed by atoms with E-state index in [2.05, 4.69) is 33.6 Å². The summed E-state index contributed by atoms with van der Waals surface area (Å²) in [5.41, 5.74) is 2.24. The van der Waals surface area contributed by atoms with E-state index in [1.807, 2.05) is 34.7 Å². The van der Waals surface area contributed by atoms with E-state index in [0.29, 0.717) is 6.54 Å². The van der Waals surface area contributed by atoms with E-state index in [9.17, 15) is 4.79 Å². The van der Waals surface area contributed by atoms with E-state index in [1.165, 1.54) is 0 Å². The highest BCUT2D eigenvalue weighted by Gasteiger charge is 2.25. The summed E-state index contributed by atoms with van der Waals surface area (Å²) in [5, 5.41) is 7.08.